The number of carbonyl (C=O) groups is 1. The first-order valence-corrected chi connectivity index (χ1v) is 5.20. The van der Waals surface area contributed by atoms with Crippen molar-refractivity contribution in [3.63, 3.8) is 0 Å². The summed E-state index contributed by atoms with van der Waals surface area (Å²) >= 11 is 0. The SMILES string of the molecule is Nc1c(F)cccc1C(=O)N1CC(O)C(O)C1. The summed E-state index contributed by atoms with van der Waals surface area (Å²) in [4.78, 5) is 13.2. The van der Waals surface area contributed by atoms with Gasteiger partial charge in [-0.3, -0.25) is 4.79 Å². The standard InChI is InChI=1S/C11H13FN2O3/c12-7-3-1-2-6(10(7)13)11(17)14-4-8(15)9(16)5-14/h1-3,8-9,15-16H,4-5,13H2. The lowest BCUT2D eigenvalue weighted by Crippen LogP contribution is -2.30. The predicted octanol–water partition coefficient (Wildman–Crippen LogP) is -0.415. The summed E-state index contributed by atoms with van der Waals surface area (Å²) < 4.78 is 13.2. The number of nitrogens with two attached hydrogens (primary N) is 1. The number of benzene rings is 1. The molecule has 1 aliphatic heterocycles. The molecule has 1 heterocycles. The summed E-state index contributed by atoms with van der Waals surface area (Å²) in [5.41, 5.74) is 5.31. The zero-order valence-corrected chi connectivity index (χ0v) is 9.01. The molecule has 1 aromatic carbocycles. The molecular formula is C11H13FN2O3. The van der Waals surface area contributed by atoms with Gasteiger partial charge in [-0.05, 0) is 12.1 Å². The fraction of sp³-hybridized carbons (Fsp3) is 0.364. The van der Waals surface area contributed by atoms with Crippen molar-refractivity contribution < 1.29 is 19.4 Å². The third kappa shape index (κ3) is 2.09. The largest absolute Gasteiger partial charge is 0.396 e. The molecule has 0 aliphatic carbocycles. The minimum atomic E-state index is -0.964. The first-order chi connectivity index (χ1) is 8.00. The van der Waals surface area contributed by atoms with Gasteiger partial charge in [0.1, 0.15) is 5.82 Å². The number of likely N-dealkylation sites (tertiary alicyclic amines) is 1. The Hall–Kier alpha value is -1.66. The van der Waals surface area contributed by atoms with Gasteiger partial charge in [-0.15, -0.1) is 0 Å². The molecule has 0 aromatic heterocycles. The zero-order chi connectivity index (χ0) is 12.6. The van der Waals surface area contributed by atoms with Crippen molar-refractivity contribution in [2.45, 2.75) is 12.2 Å². The number of carbonyl (C=O) groups excluding carboxylic acids is 1. The van der Waals surface area contributed by atoms with E-state index in [9.17, 15) is 19.4 Å². The second kappa shape index (κ2) is 4.31. The number of hydrogen-bond donors (Lipinski definition) is 3. The molecule has 1 fully saturated rings. The molecule has 4 N–H and O–H groups in total. The van der Waals surface area contributed by atoms with Gasteiger partial charge in [-0.1, -0.05) is 6.07 Å². The second-order valence-electron chi connectivity index (χ2n) is 4.05. The quantitative estimate of drug-likeness (QED) is 0.582. The molecule has 1 aliphatic rings. The zero-order valence-electron chi connectivity index (χ0n) is 9.01. The van der Waals surface area contributed by atoms with Gasteiger partial charge < -0.3 is 20.8 Å². The Morgan fingerprint density at radius 3 is 2.53 bits per heavy atom. The molecule has 1 aromatic rings. The van der Waals surface area contributed by atoms with Crippen LogP contribution in [0.15, 0.2) is 18.2 Å². The lowest BCUT2D eigenvalue weighted by Gasteiger charge is -2.16. The molecule has 5 nitrogen and oxygen atoms in total. The average Bonchev–Trinajstić information content (AvgIpc) is 2.62. The molecule has 2 atom stereocenters. The van der Waals surface area contributed by atoms with Crippen LogP contribution >= 0.6 is 0 Å². The highest BCUT2D eigenvalue weighted by atomic mass is 19.1. The molecule has 2 unspecified atom stereocenters. The van der Waals surface area contributed by atoms with Crippen LogP contribution in [0.5, 0.6) is 0 Å². The van der Waals surface area contributed by atoms with Crippen LogP contribution in [0.2, 0.25) is 0 Å². The van der Waals surface area contributed by atoms with E-state index in [1.807, 2.05) is 0 Å². The third-order valence-electron chi connectivity index (χ3n) is 2.83. The monoisotopic (exact) mass is 240 g/mol. The van der Waals surface area contributed by atoms with Gasteiger partial charge in [0.05, 0.1) is 23.5 Å². The van der Waals surface area contributed by atoms with Crippen molar-refractivity contribution >= 4 is 11.6 Å². The lowest BCUT2D eigenvalue weighted by atomic mass is 10.1. The van der Waals surface area contributed by atoms with E-state index in [0.717, 1.165) is 0 Å². The van der Waals surface area contributed by atoms with E-state index < -0.39 is 23.9 Å². The van der Waals surface area contributed by atoms with Gasteiger partial charge in [-0.25, -0.2) is 4.39 Å². The van der Waals surface area contributed by atoms with Crippen LogP contribution in [0.25, 0.3) is 0 Å². The predicted molar refractivity (Wildman–Crippen MR) is 58.7 cm³/mol. The van der Waals surface area contributed by atoms with E-state index in [0.29, 0.717) is 0 Å². The van der Waals surface area contributed by atoms with Crippen molar-refractivity contribution in [3.05, 3.63) is 29.6 Å². The van der Waals surface area contributed by atoms with Crippen molar-refractivity contribution in [3.8, 4) is 0 Å². The fourth-order valence-electron chi connectivity index (χ4n) is 1.83. The molecular weight excluding hydrogens is 227 g/mol. The maximum atomic E-state index is 13.2. The van der Waals surface area contributed by atoms with E-state index >= 15 is 0 Å². The number of nitrogen functional groups attached to an aromatic ring is 1. The molecule has 0 bridgehead atoms. The summed E-state index contributed by atoms with van der Waals surface area (Å²) in [6, 6.07) is 3.97. The van der Waals surface area contributed by atoms with E-state index in [4.69, 9.17) is 5.73 Å². The van der Waals surface area contributed by atoms with Crippen molar-refractivity contribution in [1.29, 1.82) is 0 Å². The number of aliphatic hydroxyl groups excluding tert-OH is 2. The number of para-hydroxylation sites is 1. The van der Waals surface area contributed by atoms with E-state index in [2.05, 4.69) is 0 Å². The van der Waals surface area contributed by atoms with Crippen LogP contribution in [0.3, 0.4) is 0 Å². The summed E-state index contributed by atoms with van der Waals surface area (Å²) in [6.45, 7) is 0.0475. The van der Waals surface area contributed by atoms with Gasteiger partial charge in [0.25, 0.3) is 5.91 Å². The lowest BCUT2D eigenvalue weighted by molar-refractivity contribution is 0.0572. The second-order valence-corrected chi connectivity index (χ2v) is 4.05. The van der Waals surface area contributed by atoms with Crippen LogP contribution < -0.4 is 5.73 Å². The normalized spacial score (nSPS) is 24.1. The Kier molecular flexibility index (Phi) is 2.99. The molecule has 6 heteroatoms. The van der Waals surface area contributed by atoms with E-state index in [1.54, 1.807) is 0 Å². The number of halogens is 1. The summed E-state index contributed by atoms with van der Waals surface area (Å²) in [5, 5.41) is 18.7. The summed E-state index contributed by atoms with van der Waals surface area (Å²) in [6.07, 6.45) is -1.93. The van der Waals surface area contributed by atoms with Crippen molar-refractivity contribution in [2.24, 2.45) is 0 Å². The number of hydrogen-bond acceptors (Lipinski definition) is 4. The molecule has 0 spiro atoms. The summed E-state index contributed by atoms with van der Waals surface area (Å²) in [7, 11) is 0. The Bertz CT molecular complexity index is 442. The first kappa shape index (κ1) is 11.8. The van der Waals surface area contributed by atoms with Crippen LogP contribution in [-0.2, 0) is 0 Å². The number of β-amino-alcohol motifs (C(OH)–C–C–N with tert-alkyl or cyclic N) is 2. The molecule has 0 radical (unpaired) electrons. The van der Waals surface area contributed by atoms with Crippen LogP contribution in [0.1, 0.15) is 10.4 Å². The molecule has 0 saturated carbocycles. The number of rotatable bonds is 1. The Balaban J connectivity index is 2.24. The summed E-state index contributed by atoms with van der Waals surface area (Å²) in [5.74, 6) is -1.14. The maximum absolute atomic E-state index is 13.2. The van der Waals surface area contributed by atoms with Gasteiger partial charge in [-0.2, -0.15) is 0 Å². The Morgan fingerprint density at radius 2 is 1.94 bits per heavy atom. The Morgan fingerprint density at radius 1 is 1.35 bits per heavy atom. The third-order valence-corrected chi connectivity index (χ3v) is 2.83. The molecule has 1 saturated heterocycles. The van der Waals surface area contributed by atoms with Crippen molar-refractivity contribution in [2.75, 3.05) is 18.8 Å². The smallest absolute Gasteiger partial charge is 0.256 e. The van der Waals surface area contributed by atoms with Gasteiger partial charge >= 0.3 is 0 Å². The van der Waals surface area contributed by atoms with E-state index in [1.165, 1.54) is 23.1 Å². The van der Waals surface area contributed by atoms with Crippen LogP contribution in [-0.4, -0.2) is 46.3 Å². The van der Waals surface area contributed by atoms with Crippen LogP contribution in [0.4, 0.5) is 10.1 Å². The van der Waals surface area contributed by atoms with E-state index in [-0.39, 0.29) is 24.3 Å². The van der Waals surface area contributed by atoms with Gasteiger partial charge in [0.15, 0.2) is 0 Å². The van der Waals surface area contributed by atoms with Crippen molar-refractivity contribution in [1.82, 2.24) is 4.90 Å². The average molecular weight is 240 g/mol. The highest BCUT2D eigenvalue weighted by Crippen LogP contribution is 2.20. The fourth-order valence-corrected chi connectivity index (χ4v) is 1.83. The first-order valence-electron chi connectivity index (χ1n) is 5.20. The number of nitrogens with zero attached hydrogens (tertiary/aromatic N) is 1. The highest BCUT2D eigenvalue weighted by molar-refractivity contribution is 5.99. The topological polar surface area (TPSA) is 86.8 Å². The number of aliphatic hydroxyl groups is 2. The molecule has 2 rings (SSSR count). The maximum Gasteiger partial charge on any atom is 0.256 e. The van der Waals surface area contributed by atoms with Crippen LogP contribution in [0, 0.1) is 5.82 Å². The minimum Gasteiger partial charge on any atom is -0.396 e. The number of amides is 1. The molecule has 1 amide bonds. The highest BCUT2D eigenvalue weighted by Gasteiger charge is 2.33. The molecule has 92 valence electrons. The van der Waals surface area contributed by atoms with Gasteiger partial charge in [0.2, 0.25) is 0 Å². The Labute approximate surface area is 97.3 Å². The molecule has 17 heavy (non-hydrogen) atoms. The number of anilines is 1. The van der Waals surface area contributed by atoms with Gasteiger partial charge in [0, 0.05) is 13.1 Å². The minimum absolute atomic E-state index is 0.0238.